The number of anilines is 1. The van der Waals surface area contributed by atoms with E-state index < -0.39 is 5.92 Å². The Hall–Kier alpha value is -2.58. The van der Waals surface area contributed by atoms with Gasteiger partial charge in [0, 0.05) is 38.0 Å². The molecule has 2 aromatic carbocycles. The Morgan fingerprint density at radius 1 is 0.968 bits per heavy atom. The van der Waals surface area contributed by atoms with Crippen LogP contribution < -0.4 is 10.1 Å². The number of hydrogen-bond acceptors (Lipinski definition) is 3. The second-order valence-corrected chi connectivity index (χ2v) is 8.38. The molecule has 1 aliphatic carbocycles. The van der Waals surface area contributed by atoms with Crippen LogP contribution in [0.2, 0.25) is 0 Å². The minimum atomic E-state index is -2.54. The van der Waals surface area contributed by atoms with Crippen molar-refractivity contribution in [3.05, 3.63) is 59.7 Å². The average molecular weight is 426 g/mol. The van der Waals surface area contributed by atoms with Gasteiger partial charge in [0.15, 0.2) is 0 Å². The summed E-state index contributed by atoms with van der Waals surface area (Å²) >= 11 is 0. The van der Waals surface area contributed by atoms with Gasteiger partial charge in [-0.1, -0.05) is 48.2 Å². The Morgan fingerprint density at radius 2 is 1.71 bits per heavy atom. The molecular weight excluding hydrogens is 396 g/mol. The average Bonchev–Trinajstić information content (AvgIpc) is 2.80. The zero-order valence-electron chi connectivity index (χ0n) is 17.7. The number of benzene rings is 2. The Kier molecular flexibility index (Phi) is 7.09. The van der Waals surface area contributed by atoms with E-state index in [-0.39, 0.29) is 18.9 Å². The number of ether oxygens (including phenoxy) is 2. The lowest BCUT2D eigenvalue weighted by Crippen LogP contribution is -2.32. The fraction of sp³-hybridized carbons (Fsp3) is 0.462. The van der Waals surface area contributed by atoms with Crippen molar-refractivity contribution in [2.75, 3.05) is 18.5 Å². The maximum atomic E-state index is 13.6. The number of nitrogens with one attached hydrogen (secondary N) is 1. The van der Waals surface area contributed by atoms with Crippen molar-refractivity contribution < 1.29 is 18.3 Å². The molecule has 4 rings (SSSR count). The molecule has 1 saturated carbocycles. The molecule has 2 aliphatic rings. The predicted octanol–water partition coefficient (Wildman–Crippen LogP) is 6.03. The van der Waals surface area contributed by atoms with Gasteiger partial charge in [0.2, 0.25) is 5.92 Å². The summed E-state index contributed by atoms with van der Waals surface area (Å²) in [6.45, 7) is 1.94. The van der Waals surface area contributed by atoms with Gasteiger partial charge in [0.05, 0.1) is 11.3 Å². The van der Waals surface area contributed by atoms with Crippen LogP contribution in [0, 0.1) is 17.8 Å². The standard InChI is InChI=1S/C26H29F2NO2/c27-26(28)15-11-22(12-16-26)29-24-7-4-8-25(31-19-21-5-2-1-3-6-21)23(24)10-9-20-13-17-30-18-14-20/h1-8,20,22,29H,11-19H2. The van der Waals surface area contributed by atoms with Crippen molar-refractivity contribution in [3.8, 4) is 17.6 Å². The highest BCUT2D eigenvalue weighted by Gasteiger charge is 2.35. The van der Waals surface area contributed by atoms with Crippen LogP contribution in [0.25, 0.3) is 0 Å². The fourth-order valence-electron chi connectivity index (χ4n) is 4.06. The minimum absolute atomic E-state index is 0.0210. The van der Waals surface area contributed by atoms with E-state index in [0.717, 1.165) is 48.6 Å². The molecule has 0 amide bonds. The second-order valence-electron chi connectivity index (χ2n) is 8.38. The third-order valence-electron chi connectivity index (χ3n) is 5.96. The lowest BCUT2D eigenvalue weighted by molar-refractivity contribution is -0.0360. The van der Waals surface area contributed by atoms with Crippen LogP contribution in [0.15, 0.2) is 48.5 Å². The summed E-state index contributed by atoms with van der Waals surface area (Å²) in [7, 11) is 0. The van der Waals surface area contributed by atoms with Crippen LogP contribution in [0.5, 0.6) is 5.75 Å². The molecule has 31 heavy (non-hydrogen) atoms. The van der Waals surface area contributed by atoms with E-state index in [0.29, 0.717) is 25.4 Å². The van der Waals surface area contributed by atoms with Gasteiger partial charge in [-0.05, 0) is 43.4 Å². The van der Waals surface area contributed by atoms with Gasteiger partial charge in [-0.15, -0.1) is 0 Å². The zero-order chi connectivity index (χ0) is 21.5. The summed E-state index contributed by atoms with van der Waals surface area (Å²) in [5, 5.41) is 3.47. The van der Waals surface area contributed by atoms with Gasteiger partial charge < -0.3 is 14.8 Å². The Labute approximate surface area is 183 Å². The molecule has 0 bridgehead atoms. The number of alkyl halides is 2. The van der Waals surface area contributed by atoms with E-state index in [1.165, 1.54) is 0 Å². The molecule has 0 unspecified atom stereocenters. The summed E-state index contributed by atoms with van der Waals surface area (Å²) in [4.78, 5) is 0. The molecule has 3 nitrogen and oxygen atoms in total. The molecule has 1 aliphatic heterocycles. The first kappa shape index (κ1) is 21.6. The monoisotopic (exact) mass is 425 g/mol. The predicted molar refractivity (Wildman–Crippen MR) is 118 cm³/mol. The number of rotatable bonds is 5. The maximum absolute atomic E-state index is 13.6. The van der Waals surface area contributed by atoms with Gasteiger partial charge in [0.25, 0.3) is 0 Å². The summed E-state index contributed by atoms with van der Waals surface area (Å²) in [6, 6.07) is 15.9. The smallest absolute Gasteiger partial charge is 0.248 e. The van der Waals surface area contributed by atoms with Crippen LogP contribution >= 0.6 is 0 Å². The zero-order valence-corrected chi connectivity index (χ0v) is 17.7. The molecule has 0 radical (unpaired) electrons. The van der Waals surface area contributed by atoms with E-state index >= 15 is 0 Å². The Morgan fingerprint density at radius 3 is 2.45 bits per heavy atom. The first-order valence-electron chi connectivity index (χ1n) is 11.1. The highest BCUT2D eigenvalue weighted by Crippen LogP contribution is 2.35. The topological polar surface area (TPSA) is 30.5 Å². The van der Waals surface area contributed by atoms with Gasteiger partial charge >= 0.3 is 0 Å². The first-order valence-corrected chi connectivity index (χ1v) is 11.1. The molecule has 2 fully saturated rings. The highest BCUT2D eigenvalue weighted by atomic mass is 19.3. The third kappa shape index (κ3) is 6.21. The van der Waals surface area contributed by atoms with E-state index in [1.54, 1.807) is 0 Å². The highest BCUT2D eigenvalue weighted by molar-refractivity contribution is 5.65. The van der Waals surface area contributed by atoms with Crippen molar-refractivity contribution in [3.63, 3.8) is 0 Å². The second kappa shape index (κ2) is 10.2. The lowest BCUT2D eigenvalue weighted by Gasteiger charge is -2.30. The molecule has 5 heteroatoms. The summed E-state index contributed by atoms with van der Waals surface area (Å²) < 4.78 is 38.7. The molecule has 0 spiro atoms. The summed E-state index contributed by atoms with van der Waals surface area (Å²) in [6.07, 6.45) is 2.63. The molecule has 0 atom stereocenters. The lowest BCUT2D eigenvalue weighted by atomic mass is 9.92. The van der Waals surface area contributed by atoms with Crippen molar-refractivity contribution in [1.82, 2.24) is 0 Å². The van der Waals surface area contributed by atoms with Crippen LogP contribution in [-0.2, 0) is 11.3 Å². The largest absolute Gasteiger partial charge is 0.488 e. The molecular formula is C26H29F2NO2. The number of halogens is 2. The molecule has 1 heterocycles. The third-order valence-corrected chi connectivity index (χ3v) is 5.96. The maximum Gasteiger partial charge on any atom is 0.248 e. The molecule has 1 N–H and O–H groups in total. The van der Waals surface area contributed by atoms with E-state index in [2.05, 4.69) is 17.2 Å². The van der Waals surface area contributed by atoms with E-state index in [1.807, 2.05) is 48.5 Å². The van der Waals surface area contributed by atoms with Crippen molar-refractivity contribution >= 4 is 5.69 Å². The van der Waals surface area contributed by atoms with Crippen LogP contribution in [-0.4, -0.2) is 25.2 Å². The van der Waals surface area contributed by atoms with E-state index in [9.17, 15) is 8.78 Å². The van der Waals surface area contributed by atoms with Gasteiger partial charge in [-0.25, -0.2) is 8.78 Å². The van der Waals surface area contributed by atoms with Crippen LogP contribution in [0.1, 0.15) is 49.7 Å². The van der Waals surface area contributed by atoms with Crippen LogP contribution in [0.3, 0.4) is 0 Å². The normalized spacial score (nSPS) is 19.3. The minimum Gasteiger partial charge on any atom is -0.488 e. The van der Waals surface area contributed by atoms with Crippen LogP contribution in [0.4, 0.5) is 14.5 Å². The van der Waals surface area contributed by atoms with Crippen molar-refractivity contribution in [2.24, 2.45) is 5.92 Å². The summed E-state index contributed by atoms with van der Waals surface area (Å²) in [5.74, 6) is 5.23. The van der Waals surface area contributed by atoms with Gasteiger partial charge in [-0.2, -0.15) is 0 Å². The molecule has 0 aromatic heterocycles. The molecule has 1 saturated heterocycles. The molecule has 2 aromatic rings. The van der Waals surface area contributed by atoms with E-state index in [4.69, 9.17) is 9.47 Å². The number of hydrogen-bond donors (Lipinski definition) is 1. The first-order chi connectivity index (χ1) is 15.1. The van der Waals surface area contributed by atoms with Gasteiger partial charge in [0.1, 0.15) is 12.4 Å². The Balaban J connectivity index is 1.55. The summed E-state index contributed by atoms with van der Waals surface area (Å²) in [5.41, 5.74) is 2.75. The Bertz CT molecular complexity index is 904. The van der Waals surface area contributed by atoms with Crippen molar-refractivity contribution in [2.45, 2.75) is 57.1 Å². The fourth-order valence-corrected chi connectivity index (χ4v) is 4.06. The molecule has 164 valence electrons. The quantitative estimate of drug-likeness (QED) is 0.593. The van der Waals surface area contributed by atoms with Gasteiger partial charge in [-0.3, -0.25) is 0 Å². The SMILES string of the molecule is FC1(F)CCC(Nc2cccc(OCc3ccccc3)c2C#CC2CCOCC2)CC1. The van der Waals surface area contributed by atoms with Crippen molar-refractivity contribution in [1.29, 1.82) is 0 Å².